The fourth-order valence-electron chi connectivity index (χ4n) is 3.22. The number of amides is 2. The lowest BCUT2D eigenvalue weighted by Gasteiger charge is -2.38. The van der Waals surface area contributed by atoms with Crippen LogP contribution in [-0.4, -0.2) is 42.3 Å². The highest BCUT2D eigenvalue weighted by molar-refractivity contribution is 5.96. The van der Waals surface area contributed by atoms with E-state index in [2.05, 4.69) is 15.4 Å². The molecular weight excluding hydrogens is 360 g/mol. The molecule has 7 heteroatoms. The minimum Gasteiger partial charge on any atom is -0.465 e. The van der Waals surface area contributed by atoms with Gasteiger partial charge in [0, 0.05) is 17.1 Å². The minimum absolute atomic E-state index is 0.0409. The summed E-state index contributed by atoms with van der Waals surface area (Å²) in [5, 5.41) is 5.99. The second kappa shape index (κ2) is 8.63. The molecule has 2 rings (SSSR count). The summed E-state index contributed by atoms with van der Waals surface area (Å²) >= 11 is 0. The van der Waals surface area contributed by atoms with Crippen LogP contribution in [0.5, 0.6) is 0 Å². The molecule has 0 atom stereocenters. The lowest BCUT2D eigenvalue weighted by molar-refractivity contribution is 0.0476. The minimum atomic E-state index is -0.523. The van der Waals surface area contributed by atoms with E-state index < -0.39 is 17.7 Å². The van der Waals surface area contributed by atoms with Gasteiger partial charge in [0.2, 0.25) is 0 Å². The Bertz CT molecular complexity index is 713. The lowest BCUT2D eigenvalue weighted by Crippen LogP contribution is -2.51. The number of carbonyl (C=O) groups excluding carboxylic acids is 3. The maximum Gasteiger partial charge on any atom is 0.407 e. The summed E-state index contributed by atoms with van der Waals surface area (Å²) in [6, 6.07) is 6.41. The van der Waals surface area contributed by atoms with Gasteiger partial charge in [-0.1, -0.05) is 0 Å². The molecule has 0 aliphatic heterocycles. The van der Waals surface area contributed by atoms with Gasteiger partial charge in [-0.05, 0) is 77.6 Å². The van der Waals surface area contributed by atoms with Crippen LogP contribution in [0.3, 0.4) is 0 Å². The fourth-order valence-corrected chi connectivity index (χ4v) is 3.22. The van der Waals surface area contributed by atoms with Gasteiger partial charge in [0.1, 0.15) is 5.60 Å². The molecule has 0 heterocycles. The van der Waals surface area contributed by atoms with Crippen molar-refractivity contribution in [1.82, 2.24) is 10.6 Å². The van der Waals surface area contributed by atoms with Gasteiger partial charge in [0.15, 0.2) is 0 Å². The molecule has 1 fully saturated rings. The van der Waals surface area contributed by atoms with Crippen LogP contribution in [0.4, 0.5) is 4.79 Å². The van der Waals surface area contributed by atoms with E-state index in [1.807, 2.05) is 27.7 Å². The topological polar surface area (TPSA) is 93.7 Å². The number of hydrogen-bond donors (Lipinski definition) is 2. The Kier molecular flexibility index (Phi) is 6.69. The van der Waals surface area contributed by atoms with Crippen molar-refractivity contribution in [3.8, 4) is 0 Å². The van der Waals surface area contributed by atoms with Crippen molar-refractivity contribution in [2.45, 2.75) is 70.6 Å². The molecule has 7 nitrogen and oxygen atoms in total. The number of methoxy groups -OCH3 is 1. The number of esters is 1. The van der Waals surface area contributed by atoms with Crippen LogP contribution >= 0.6 is 0 Å². The van der Waals surface area contributed by atoms with Gasteiger partial charge in [-0.3, -0.25) is 4.79 Å². The molecule has 2 amide bonds. The zero-order chi connectivity index (χ0) is 20.9. The van der Waals surface area contributed by atoms with Gasteiger partial charge in [-0.2, -0.15) is 0 Å². The summed E-state index contributed by atoms with van der Waals surface area (Å²) in [6.45, 7) is 7.50. The SMILES string of the molecule is COC(=O)c1ccc(C(=O)NC2(C)CCC(NC(=O)OC(C)(C)C)CC2)cc1. The number of benzene rings is 1. The zero-order valence-corrected chi connectivity index (χ0v) is 17.3. The quantitative estimate of drug-likeness (QED) is 0.768. The van der Waals surface area contributed by atoms with Gasteiger partial charge in [0.25, 0.3) is 5.91 Å². The summed E-state index contributed by atoms with van der Waals surface area (Å²) in [4.78, 5) is 36.0. The number of ether oxygens (including phenoxy) is 2. The molecule has 0 saturated heterocycles. The Labute approximate surface area is 166 Å². The molecule has 0 aromatic heterocycles. The van der Waals surface area contributed by atoms with Gasteiger partial charge in [-0.15, -0.1) is 0 Å². The molecule has 0 bridgehead atoms. The molecule has 2 N–H and O–H groups in total. The molecule has 1 saturated carbocycles. The van der Waals surface area contributed by atoms with Gasteiger partial charge >= 0.3 is 12.1 Å². The van der Waals surface area contributed by atoms with Crippen molar-refractivity contribution < 1.29 is 23.9 Å². The Morgan fingerprint density at radius 3 is 2.07 bits per heavy atom. The first kappa shape index (κ1) is 21.7. The largest absolute Gasteiger partial charge is 0.465 e. The molecule has 28 heavy (non-hydrogen) atoms. The Morgan fingerprint density at radius 1 is 1.04 bits per heavy atom. The number of carbonyl (C=O) groups is 3. The van der Waals surface area contributed by atoms with Crippen molar-refractivity contribution in [1.29, 1.82) is 0 Å². The highest BCUT2D eigenvalue weighted by Crippen LogP contribution is 2.28. The normalized spacial score (nSPS) is 22.1. The summed E-state index contributed by atoms with van der Waals surface area (Å²) in [5.74, 6) is -0.618. The average molecular weight is 390 g/mol. The smallest absolute Gasteiger partial charge is 0.407 e. The van der Waals surface area contributed by atoms with Crippen LogP contribution in [0.2, 0.25) is 0 Å². The van der Waals surface area contributed by atoms with Crippen molar-refractivity contribution in [3.63, 3.8) is 0 Å². The van der Waals surface area contributed by atoms with Crippen LogP contribution in [-0.2, 0) is 9.47 Å². The molecule has 1 aromatic rings. The van der Waals surface area contributed by atoms with E-state index in [-0.39, 0.29) is 17.5 Å². The summed E-state index contributed by atoms with van der Waals surface area (Å²) in [5.41, 5.74) is 0.0244. The summed E-state index contributed by atoms with van der Waals surface area (Å²) in [7, 11) is 1.32. The van der Waals surface area contributed by atoms with Gasteiger partial charge in [-0.25, -0.2) is 9.59 Å². The van der Waals surface area contributed by atoms with Crippen LogP contribution in [0.15, 0.2) is 24.3 Å². The molecule has 1 aliphatic rings. The van der Waals surface area contributed by atoms with Crippen molar-refractivity contribution in [2.75, 3.05) is 7.11 Å². The van der Waals surface area contributed by atoms with Crippen molar-refractivity contribution >= 4 is 18.0 Å². The Morgan fingerprint density at radius 2 is 1.57 bits per heavy atom. The number of nitrogens with one attached hydrogen (secondary N) is 2. The molecule has 154 valence electrons. The third-order valence-electron chi connectivity index (χ3n) is 4.79. The number of rotatable bonds is 4. The summed E-state index contributed by atoms with van der Waals surface area (Å²) < 4.78 is 9.96. The van der Waals surface area contributed by atoms with E-state index in [0.717, 1.165) is 25.7 Å². The van der Waals surface area contributed by atoms with Crippen LogP contribution in [0, 0.1) is 0 Å². The number of alkyl carbamates (subject to hydrolysis) is 1. The highest BCUT2D eigenvalue weighted by atomic mass is 16.6. The Hall–Kier alpha value is -2.57. The van der Waals surface area contributed by atoms with Crippen LogP contribution < -0.4 is 10.6 Å². The number of hydrogen-bond acceptors (Lipinski definition) is 5. The van der Waals surface area contributed by atoms with E-state index in [1.165, 1.54) is 7.11 Å². The van der Waals surface area contributed by atoms with E-state index in [4.69, 9.17) is 4.74 Å². The lowest BCUT2D eigenvalue weighted by atomic mass is 9.80. The van der Waals surface area contributed by atoms with Crippen molar-refractivity contribution in [2.24, 2.45) is 0 Å². The maximum atomic E-state index is 12.6. The molecule has 1 aromatic carbocycles. The molecule has 0 unspecified atom stereocenters. The second-order valence-electron chi connectivity index (χ2n) is 8.50. The molecule has 1 aliphatic carbocycles. The third kappa shape index (κ3) is 6.25. The fraction of sp³-hybridized carbons (Fsp3) is 0.571. The van der Waals surface area contributed by atoms with E-state index in [1.54, 1.807) is 24.3 Å². The van der Waals surface area contributed by atoms with E-state index >= 15 is 0 Å². The predicted octanol–water partition coefficient (Wildman–Crippen LogP) is 3.43. The molecular formula is C21H30N2O5. The Balaban J connectivity index is 1.87. The van der Waals surface area contributed by atoms with E-state index in [0.29, 0.717) is 11.1 Å². The van der Waals surface area contributed by atoms with E-state index in [9.17, 15) is 14.4 Å². The monoisotopic (exact) mass is 390 g/mol. The van der Waals surface area contributed by atoms with Crippen LogP contribution in [0.1, 0.15) is 74.1 Å². The average Bonchev–Trinajstić information content (AvgIpc) is 2.61. The standard InChI is InChI=1S/C21H30N2O5/c1-20(2,3)28-19(26)22-16-10-12-21(4,13-11-16)23-17(24)14-6-8-15(9-7-14)18(25)27-5/h6-9,16H,10-13H2,1-5H3,(H,22,26)(H,23,24). The first-order valence-electron chi connectivity index (χ1n) is 9.52. The zero-order valence-electron chi connectivity index (χ0n) is 17.3. The predicted molar refractivity (Wildman–Crippen MR) is 105 cm³/mol. The first-order valence-corrected chi connectivity index (χ1v) is 9.52. The van der Waals surface area contributed by atoms with Gasteiger partial charge < -0.3 is 20.1 Å². The van der Waals surface area contributed by atoms with Gasteiger partial charge in [0.05, 0.1) is 12.7 Å². The second-order valence-corrected chi connectivity index (χ2v) is 8.50. The molecule has 0 spiro atoms. The molecule has 0 radical (unpaired) electrons. The van der Waals surface area contributed by atoms with Crippen LogP contribution in [0.25, 0.3) is 0 Å². The van der Waals surface area contributed by atoms with Crippen molar-refractivity contribution in [3.05, 3.63) is 35.4 Å². The first-order chi connectivity index (χ1) is 13.0. The highest BCUT2D eigenvalue weighted by Gasteiger charge is 2.33. The third-order valence-corrected chi connectivity index (χ3v) is 4.79. The maximum absolute atomic E-state index is 12.6. The summed E-state index contributed by atoms with van der Waals surface area (Å²) in [6.07, 6.45) is 2.61.